The van der Waals surface area contributed by atoms with Crippen molar-refractivity contribution in [3.63, 3.8) is 0 Å². The molecule has 1 aliphatic heterocycles. The van der Waals surface area contributed by atoms with Gasteiger partial charge in [-0.05, 0) is 62.5 Å². The first-order valence-electron chi connectivity index (χ1n) is 10.4. The predicted molar refractivity (Wildman–Crippen MR) is 108 cm³/mol. The molecule has 1 saturated heterocycles. The number of likely N-dealkylation sites (tertiary alicyclic amines) is 1. The van der Waals surface area contributed by atoms with E-state index in [0.29, 0.717) is 18.1 Å². The van der Waals surface area contributed by atoms with Crippen LogP contribution >= 0.6 is 0 Å². The Bertz CT molecular complexity index is 509. The van der Waals surface area contributed by atoms with E-state index in [9.17, 15) is 4.79 Å². The fraction of sp³-hybridized carbons (Fsp3) is 0.682. The molecule has 0 saturated carbocycles. The lowest BCUT2D eigenvalue weighted by atomic mass is 10.0. The Morgan fingerprint density at radius 1 is 1.15 bits per heavy atom. The quantitative estimate of drug-likeness (QED) is 0.632. The molecule has 1 N–H and O–H groups in total. The van der Waals surface area contributed by atoms with Gasteiger partial charge < -0.3 is 10.1 Å². The third-order valence-electron chi connectivity index (χ3n) is 5.21. The molecule has 146 valence electrons. The van der Waals surface area contributed by atoms with Gasteiger partial charge in [0.05, 0.1) is 0 Å². The topological polar surface area (TPSA) is 41.6 Å². The molecule has 26 heavy (non-hydrogen) atoms. The van der Waals surface area contributed by atoms with Crippen molar-refractivity contribution < 1.29 is 9.53 Å². The molecule has 4 nitrogen and oxygen atoms in total. The van der Waals surface area contributed by atoms with E-state index in [0.717, 1.165) is 25.3 Å². The zero-order valence-electron chi connectivity index (χ0n) is 16.6. The van der Waals surface area contributed by atoms with Gasteiger partial charge >= 0.3 is 0 Å². The normalized spacial score (nSPS) is 16.2. The van der Waals surface area contributed by atoms with E-state index in [4.69, 9.17) is 4.74 Å². The zero-order chi connectivity index (χ0) is 18.6. The summed E-state index contributed by atoms with van der Waals surface area (Å²) < 4.78 is 5.82. The molecule has 0 spiro atoms. The molecule has 0 aliphatic carbocycles. The standard InChI is InChI=1S/C22H36N2O2/c1-3-4-8-19(2)13-14-23-22(25)20-9-11-21(12-10-20)26-18-17-24-15-6-5-7-16-24/h9-12,19H,3-8,13-18H2,1-2H3,(H,23,25). The molecule has 1 aromatic rings. The number of ether oxygens (including phenoxy) is 1. The Morgan fingerprint density at radius 2 is 1.88 bits per heavy atom. The van der Waals surface area contributed by atoms with Crippen LogP contribution in [0, 0.1) is 5.92 Å². The third-order valence-corrected chi connectivity index (χ3v) is 5.21. The lowest BCUT2D eigenvalue weighted by molar-refractivity contribution is 0.0951. The van der Waals surface area contributed by atoms with Gasteiger partial charge in [-0.3, -0.25) is 9.69 Å². The Hall–Kier alpha value is -1.55. The number of carbonyl (C=O) groups excluding carboxylic acids is 1. The van der Waals surface area contributed by atoms with E-state index in [1.165, 1.54) is 51.6 Å². The lowest BCUT2D eigenvalue weighted by Gasteiger charge is -2.26. The van der Waals surface area contributed by atoms with Crippen LogP contribution in [0.3, 0.4) is 0 Å². The molecule has 1 aliphatic rings. The van der Waals surface area contributed by atoms with E-state index >= 15 is 0 Å². The number of nitrogens with one attached hydrogen (secondary N) is 1. The number of benzene rings is 1. The largest absolute Gasteiger partial charge is 0.492 e. The Balaban J connectivity index is 1.64. The summed E-state index contributed by atoms with van der Waals surface area (Å²) in [5.74, 6) is 1.52. The van der Waals surface area contributed by atoms with Crippen LogP contribution in [-0.2, 0) is 0 Å². The molecule has 1 heterocycles. The number of piperidine rings is 1. The summed E-state index contributed by atoms with van der Waals surface area (Å²) in [6.45, 7) is 9.31. The van der Waals surface area contributed by atoms with Gasteiger partial charge in [0.15, 0.2) is 0 Å². The SMILES string of the molecule is CCCCC(C)CCNC(=O)c1ccc(OCCN2CCCCC2)cc1. The van der Waals surface area contributed by atoms with Gasteiger partial charge in [0.2, 0.25) is 0 Å². The van der Waals surface area contributed by atoms with Crippen molar-refractivity contribution in [2.45, 2.75) is 58.8 Å². The molecular formula is C22H36N2O2. The van der Waals surface area contributed by atoms with Gasteiger partial charge in [0.25, 0.3) is 5.91 Å². The van der Waals surface area contributed by atoms with Crippen LogP contribution in [0.15, 0.2) is 24.3 Å². The van der Waals surface area contributed by atoms with E-state index in [1.807, 2.05) is 24.3 Å². The van der Waals surface area contributed by atoms with Gasteiger partial charge in [0, 0.05) is 18.7 Å². The number of nitrogens with zero attached hydrogens (tertiary/aromatic N) is 1. The molecule has 1 unspecified atom stereocenters. The first-order valence-corrected chi connectivity index (χ1v) is 10.4. The average molecular weight is 361 g/mol. The highest BCUT2D eigenvalue weighted by Crippen LogP contribution is 2.14. The molecule has 1 aromatic carbocycles. The maximum absolute atomic E-state index is 12.2. The Kier molecular flexibility index (Phi) is 9.54. The first-order chi connectivity index (χ1) is 12.7. The summed E-state index contributed by atoms with van der Waals surface area (Å²) >= 11 is 0. The second-order valence-corrected chi connectivity index (χ2v) is 7.57. The fourth-order valence-electron chi connectivity index (χ4n) is 3.41. The van der Waals surface area contributed by atoms with Gasteiger partial charge in [-0.2, -0.15) is 0 Å². The van der Waals surface area contributed by atoms with E-state index in [-0.39, 0.29) is 5.91 Å². The number of carbonyl (C=O) groups is 1. The lowest BCUT2D eigenvalue weighted by Crippen LogP contribution is -2.33. The van der Waals surface area contributed by atoms with Gasteiger partial charge in [-0.25, -0.2) is 0 Å². The number of hydrogen-bond donors (Lipinski definition) is 1. The Labute approximate surface area is 159 Å². The second-order valence-electron chi connectivity index (χ2n) is 7.57. The molecule has 0 radical (unpaired) electrons. The molecule has 0 bridgehead atoms. The van der Waals surface area contributed by atoms with Crippen LogP contribution in [0.5, 0.6) is 5.75 Å². The highest BCUT2D eigenvalue weighted by atomic mass is 16.5. The minimum absolute atomic E-state index is 0.00700. The number of amides is 1. The summed E-state index contributed by atoms with van der Waals surface area (Å²) in [5.41, 5.74) is 0.703. The predicted octanol–water partition coefficient (Wildman–Crippen LogP) is 4.50. The number of unbranched alkanes of at least 4 members (excludes halogenated alkanes) is 1. The smallest absolute Gasteiger partial charge is 0.251 e. The zero-order valence-corrected chi connectivity index (χ0v) is 16.6. The fourth-order valence-corrected chi connectivity index (χ4v) is 3.41. The van der Waals surface area contributed by atoms with Crippen LogP contribution in [0.4, 0.5) is 0 Å². The summed E-state index contributed by atoms with van der Waals surface area (Å²) in [4.78, 5) is 14.7. The van der Waals surface area contributed by atoms with Crippen LogP contribution in [0.2, 0.25) is 0 Å². The second kappa shape index (κ2) is 11.9. The minimum Gasteiger partial charge on any atom is -0.492 e. The van der Waals surface area contributed by atoms with Crippen molar-refractivity contribution in [1.82, 2.24) is 10.2 Å². The molecule has 1 fully saturated rings. The van der Waals surface area contributed by atoms with Crippen LogP contribution in [0.25, 0.3) is 0 Å². The number of rotatable bonds is 11. The summed E-state index contributed by atoms with van der Waals surface area (Å²) in [5, 5.41) is 3.03. The molecule has 4 heteroatoms. The van der Waals surface area contributed by atoms with Crippen molar-refractivity contribution in [3.8, 4) is 5.75 Å². The molecular weight excluding hydrogens is 324 g/mol. The van der Waals surface area contributed by atoms with E-state index in [1.54, 1.807) is 0 Å². The highest BCUT2D eigenvalue weighted by Gasteiger charge is 2.10. The minimum atomic E-state index is 0.00700. The molecule has 0 aromatic heterocycles. The van der Waals surface area contributed by atoms with Crippen molar-refractivity contribution in [2.24, 2.45) is 5.92 Å². The van der Waals surface area contributed by atoms with Crippen molar-refractivity contribution in [2.75, 3.05) is 32.8 Å². The van der Waals surface area contributed by atoms with Gasteiger partial charge in [-0.15, -0.1) is 0 Å². The number of hydrogen-bond acceptors (Lipinski definition) is 3. The van der Waals surface area contributed by atoms with Crippen molar-refractivity contribution in [3.05, 3.63) is 29.8 Å². The summed E-state index contributed by atoms with van der Waals surface area (Å²) in [7, 11) is 0. The average Bonchev–Trinajstić information content (AvgIpc) is 2.67. The molecule has 2 rings (SSSR count). The van der Waals surface area contributed by atoms with Gasteiger partial charge in [-0.1, -0.05) is 39.5 Å². The van der Waals surface area contributed by atoms with E-state index < -0.39 is 0 Å². The molecule has 1 amide bonds. The summed E-state index contributed by atoms with van der Waals surface area (Å²) in [6, 6.07) is 7.50. The van der Waals surface area contributed by atoms with E-state index in [2.05, 4.69) is 24.1 Å². The van der Waals surface area contributed by atoms with Crippen molar-refractivity contribution >= 4 is 5.91 Å². The maximum Gasteiger partial charge on any atom is 0.251 e. The maximum atomic E-state index is 12.2. The molecule has 1 atom stereocenters. The van der Waals surface area contributed by atoms with Crippen LogP contribution in [0.1, 0.15) is 69.2 Å². The van der Waals surface area contributed by atoms with Crippen LogP contribution in [-0.4, -0.2) is 43.6 Å². The Morgan fingerprint density at radius 3 is 2.58 bits per heavy atom. The highest BCUT2D eigenvalue weighted by molar-refractivity contribution is 5.94. The van der Waals surface area contributed by atoms with Gasteiger partial charge in [0.1, 0.15) is 12.4 Å². The monoisotopic (exact) mass is 360 g/mol. The first kappa shape index (κ1) is 20.8. The van der Waals surface area contributed by atoms with Crippen LogP contribution < -0.4 is 10.1 Å². The van der Waals surface area contributed by atoms with Crippen molar-refractivity contribution in [1.29, 1.82) is 0 Å². The summed E-state index contributed by atoms with van der Waals surface area (Å²) in [6.07, 6.45) is 8.78. The third kappa shape index (κ3) is 7.77.